The normalized spacial score (nSPS) is 15.7. The van der Waals surface area contributed by atoms with Gasteiger partial charge in [0.1, 0.15) is 6.04 Å². The minimum atomic E-state index is -1.33. The van der Waals surface area contributed by atoms with E-state index in [4.69, 9.17) is 0 Å². The van der Waals surface area contributed by atoms with Crippen molar-refractivity contribution in [3.63, 3.8) is 0 Å². The SMILES string of the molecule is CCCCCCNC(=O)[C@H](CCC(=O)O)N1C(=O)c2ccc3c4c(ccc(c24)C1=O)C(=O)N(CC(CC)CCCC)C3=O. The molecule has 0 aliphatic carbocycles. The molecule has 4 rings (SSSR count). The highest BCUT2D eigenvalue weighted by Gasteiger charge is 2.43. The second-order valence-corrected chi connectivity index (χ2v) is 11.5. The van der Waals surface area contributed by atoms with Gasteiger partial charge in [-0.3, -0.25) is 38.6 Å². The largest absolute Gasteiger partial charge is 0.481 e. The van der Waals surface area contributed by atoms with Crippen LogP contribution in [0.25, 0.3) is 10.8 Å². The van der Waals surface area contributed by atoms with Crippen LogP contribution < -0.4 is 5.32 Å². The van der Waals surface area contributed by atoms with Crippen LogP contribution in [0.4, 0.5) is 0 Å². The number of rotatable bonds is 16. The molecule has 2 aromatic rings. The fourth-order valence-corrected chi connectivity index (χ4v) is 6.09. The number of unbranched alkanes of at least 4 members (excludes halogenated alkanes) is 4. The number of amides is 5. The topological polar surface area (TPSA) is 141 Å². The fourth-order valence-electron chi connectivity index (χ4n) is 6.09. The van der Waals surface area contributed by atoms with Crippen molar-refractivity contribution in [2.75, 3.05) is 13.1 Å². The van der Waals surface area contributed by atoms with Crippen LogP contribution in [0.15, 0.2) is 24.3 Å². The summed E-state index contributed by atoms with van der Waals surface area (Å²) in [5.74, 6) is -4.02. The molecule has 2 aromatic carbocycles. The summed E-state index contributed by atoms with van der Waals surface area (Å²) in [5.41, 5.74) is 0.688. The zero-order valence-electron chi connectivity index (χ0n) is 25.2. The third-order valence-corrected chi connectivity index (χ3v) is 8.57. The minimum Gasteiger partial charge on any atom is -0.481 e. The van der Waals surface area contributed by atoms with Gasteiger partial charge in [-0.2, -0.15) is 0 Å². The standard InChI is InChI=1S/C33H41N3O7/c1-4-7-9-10-18-34-29(39)25(16-17-26(37)38)36-32(42)23-14-12-21-27-22(13-15-24(28(23)27)33(36)43)31(41)35(30(21)40)19-20(6-3)11-8-5-2/h12-15,20,25H,4-11,16-19H2,1-3H3,(H,34,39)(H,37,38)/t20?,25-/m0/s1. The summed E-state index contributed by atoms with van der Waals surface area (Å²) in [6.45, 7) is 6.84. The van der Waals surface area contributed by atoms with E-state index < -0.39 is 48.0 Å². The summed E-state index contributed by atoms with van der Waals surface area (Å²) in [6.07, 6.45) is 6.74. The van der Waals surface area contributed by atoms with Gasteiger partial charge in [-0.1, -0.05) is 59.3 Å². The van der Waals surface area contributed by atoms with Crippen LogP contribution in [0.3, 0.4) is 0 Å². The van der Waals surface area contributed by atoms with E-state index in [1.54, 1.807) is 0 Å². The molecule has 0 spiro atoms. The van der Waals surface area contributed by atoms with Gasteiger partial charge in [-0.15, -0.1) is 0 Å². The lowest BCUT2D eigenvalue weighted by molar-refractivity contribution is -0.137. The molecular formula is C33H41N3O7. The number of carbonyl (C=O) groups excluding carboxylic acids is 5. The Balaban J connectivity index is 1.69. The molecule has 1 unspecified atom stereocenters. The van der Waals surface area contributed by atoms with E-state index in [1.165, 1.54) is 29.2 Å². The highest BCUT2D eigenvalue weighted by atomic mass is 16.4. The molecule has 10 heteroatoms. The molecular weight excluding hydrogens is 550 g/mol. The Hall–Kier alpha value is -4.08. The molecule has 0 bridgehead atoms. The lowest BCUT2D eigenvalue weighted by Gasteiger charge is -2.35. The average molecular weight is 592 g/mol. The maximum absolute atomic E-state index is 13.9. The Bertz CT molecular complexity index is 1380. The van der Waals surface area contributed by atoms with Crippen LogP contribution in [0, 0.1) is 5.92 Å². The molecule has 2 heterocycles. The van der Waals surface area contributed by atoms with Crippen LogP contribution >= 0.6 is 0 Å². The molecule has 230 valence electrons. The second-order valence-electron chi connectivity index (χ2n) is 11.5. The molecule has 0 saturated carbocycles. The quantitative estimate of drug-likeness (QED) is 0.202. The van der Waals surface area contributed by atoms with E-state index in [0.29, 0.717) is 13.1 Å². The van der Waals surface area contributed by atoms with E-state index in [9.17, 15) is 33.9 Å². The first-order chi connectivity index (χ1) is 20.7. The number of hydrogen-bond acceptors (Lipinski definition) is 6. The number of carboxylic acid groups (broad SMARTS) is 1. The Morgan fingerprint density at radius 1 is 0.744 bits per heavy atom. The zero-order valence-corrected chi connectivity index (χ0v) is 25.2. The van der Waals surface area contributed by atoms with Crippen molar-refractivity contribution >= 4 is 46.3 Å². The number of carboxylic acids is 1. The van der Waals surface area contributed by atoms with Crippen LogP contribution in [-0.2, 0) is 9.59 Å². The van der Waals surface area contributed by atoms with E-state index in [-0.39, 0.29) is 45.4 Å². The number of aliphatic carboxylic acids is 1. The fraction of sp³-hybridized carbons (Fsp3) is 0.515. The van der Waals surface area contributed by atoms with Crippen molar-refractivity contribution in [2.45, 2.75) is 91.0 Å². The second kappa shape index (κ2) is 13.9. The van der Waals surface area contributed by atoms with Crippen LogP contribution in [0.5, 0.6) is 0 Å². The Labute approximate surface area is 251 Å². The predicted molar refractivity (Wildman–Crippen MR) is 161 cm³/mol. The van der Waals surface area contributed by atoms with Crippen LogP contribution in [0.1, 0.15) is 126 Å². The maximum atomic E-state index is 13.9. The number of hydrogen-bond donors (Lipinski definition) is 2. The van der Waals surface area contributed by atoms with Gasteiger partial charge in [0, 0.05) is 52.5 Å². The average Bonchev–Trinajstić information content (AvgIpc) is 2.99. The summed E-state index contributed by atoms with van der Waals surface area (Å²) < 4.78 is 0. The van der Waals surface area contributed by atoms with Crippen molar-refractivity contribution < 1.29 is 33.9 Å². The molecule has 0 saturated heterocycles. The molecule has 0 aromatic heterocycles. The molecule has 2 aliphatic heterocycles. The smallest absolute Gasteiger partial charge is 0.303 e. The first-order valence-electron chi connectivity index (χ1n) is 15.5. The van der Waals surface area contributed by atoms with Crippen molar-refractivity contribution in [1.29, 1.82) is 0 Å². The zero-order chi connectivity index (χ0) is 31.3. The number of nitrogens with one attached hydrogen (secondary N) is 1. The van der Waals surface area contributed by atoms with Gasteiger partial charge < -0.3 is 10.4 Å². The summed E-state index contributed by atoms with van der Waals surface area (Å²) >= 11 is 0. The minimum absolute atomic E-state index is 0.0923. The third kappa shape index (κ3) is 6.33. The summed E-state index contributed by atoms with van der Waals surface area (Å²) in [4.78, 5) is 81.7. The van der Waals surface area contributed by atoms with Gasteiger partial charge in [0.05, 0.1) is 0 Å². The molecule has 2 N–H and O–H groups in total. The number of carbonyl (C=O) groups is 6. The number of nitrogens with zero attached hydrogens (tertiary/aromatic N) is 2. The van der Waals surface area contributed by atoms with Gasteiger partial charge in [0.15, 0.2) is 0 Å². The first kappa shape index (κ1) is 31.8. The monoisotopic (exact) mass is 591 g/mol. The number of benzene rings is 2. The van der Waals surface area contributed by atoms with Crippen molar-refractivity contribution in [2.24, 2.45) is 5.92 Å². The van der Waals surface area contributed by atoms with Gasteiger partial charge in [0.2, 0.25) is 5.91 Å². The van der Waals surface area contributed by atoms with Crippen molar-refractivity contribution in [3.05, 3.63) is 46.5 Å². The van der Waals surface area contributed by atoms with Gasteiger partial charge in [0.25, 0.3) is 23.6 Å². The van der Waals surface area contributed by atoms with Gasteiger partial charge in [-0.25, -0.2) is 0 Å². The maximum Gasteiger partial charge on any atom is 0.303 e. The first-order valence-corrected chi connectivity index (χ1v) is 15.5. The van der Waals surface area contributed by atoms with E-state index in [2.05, 4.69) is 19.2 Å². The molecule has 43 heavy (non-hydrogen) atoms. The van der Waals surface area contributed by atoms with Gasteiger partial charge in [-0.05, 0) is 49.4 Å². The molecule has 0 fully saturated rings. The Morgan fingerprint density at radius 2 is 1.28 bits per heavy atom. The summed E-state index contributed by atoms with van der Waals surface area (Å²) in [6, 6.07) is 4.61. The lowest BCUT2D eigenvalue weighted by atomic mass is 9.85. The molecule has 2 aliphatic rings. The van der Waals surface area contributed by atoms with Crippen LogP contribution in [-0.4, -0.2) is 69.5 Å². The van der Waals surface area contributed by atoms with E-state index in [1.807, 2.05) is 6.92 Å². The summed E-state index contributed by atoms with van der Waals surface area (Å²) in [5, 5.41) is 12.6. The van der Waals surface area contributed by atoms with Crippen LogP contribution in [0.2, 0.25) is 0 Å². The highest BCUT2D eigenvalue weighted by Crippen LogP contribution is 2.39. The molecule has 10 nitrogen and oxygen atoms in total. The van der Waals surface area contributed by atoms with E-state index >= 15 is 0 Å². The Kier molecular flexibility index (Phi) is 10.3. The van der Waals surface area contributed by atoms with Gasteiger partial charge >= 0.3 is 5.97 Å². The third-order valence-electron chi connectivity index (χ3n) is 8.57. The predicted octanol–water partition coefficient (Wildman–Crippen LogP) is 5.18. The Morgan fingerprint density at radius 3 is 1.77 bits per heavy atom. The number of imide groups is 2. The lowest BCUT2D eigenvalue weighted by Crippen LogP contribution is -2.54. The molecule has 2 atom stereocenters. The van der Waals surface area contributed by atoms with Crippen molar-refractivity contribution in [1.82, 2.24) is 15.1 Å². The molecule has 5 amide bonds. The van der Waals surface area contributed by atoms with E-state index in [0.717, 1.165) is 56.3 Å². The van der Waals surface area contributed by atoms with Crippen molar-refractivity contribution in [3.8, 4) is 0 Å². The highest BCUT2D eigenvalue weighted by molar-refractivity contribution is 6.33. The molecule has 0 radical (unpaired) electrons. The summed E-state index contributed by atoms with van der Waals surface area (Å²) in [7, 11) is 0.